The smallest absolute Gasteiger partial charge is 0.214 e. The third kappa shape index (κ3) is 4.06. The minimum atomic E-state index is -0.725. The minimum Gasteiger partial charge on any atom is -0.351 e. The fraction of sp³-hybridized carbons (Fsp3) is 0.316. The molecular weight excluding hydrogens is 348 g/mol. The summed E-state index contributed by atoms with van der Waals surface area (Å²) in [6.07, 6.45) is 1.73. The number of aromatic nitrogens is 1. The van der Waals surface area contributed by atoms with Crippen LogP contribution in [0.1, 0.15) is 16.7 Å². The molecule has 0 fully saturated rings. The predicted molar refractivity (Wildman–Crippen MR) is 102 cm³/mol. The fourth-order valence-corrected chi connectivity index (χ4v) is 2.97. The van der Waals surface area contributed by atoms with Gasteiger partial charge in [0.05, 0.1) is 18.3 Å². The Hall–Kier alpha value is -2.78. The van der Waals surface area contributed by atoms with Crippen LogP contribution in [-0.2, 0) is 6.54 Å². The minimum absolute atomic E-state index is 0.460. The molecule has 2 heterocycles. The van der Waals surface area contributed by atoms with Crippen molar-refractivity contribution in [2.24, 2.45) is 15.2 Å². The lowest BCUT2D eigenvalue weighted by Gasteiger charge is -2.21. The van der Waals surface area contributed by atoms with Crippen LogP contribution in [0.15, 0.2) is 51.7 Å². The molecule has 0 amide bonds. The number of nitrogens with zero attached hydrogens (tertiary/aromatic N) is 6. The Labute approximate surface area is 157 Å². The first-order valence-electron chi connectivity index (χ1n) is 8.35. The molecule has 7 heteroatoms. The third-order valence-corrected chi connectivity index (χ3v) is 4.43. The number of aliphatic imine (C=N–C) groups is 1. The van der Waals surface area contributed by atoms with Crippen LogP contribution in [0.4, 0.5) is 5.69 Å². The molecule has 1 unspecified atom stereocenters. The molecule has 1 aliphatic rings. The topological polar surface area (TPSA) is 77.0 Å². The van der Waals surface area contributed by atoms with Gasteiger partial charge in [-0.2, -0.15) is 15.5 Å². The molecule has 6 nitrogen and oxygen atoms in total. The monoisotopic (exact) mass is 366 g/mol. The molecule has 0 N–H and O–H groups in total. The highest BCUT2D eigenvalue weighted by Crippen LogP contribution is 2.24. The fourth-order valence-electron chi connectivity index (χ4n) is 2.85. The first-order chi connectivity index (χ1) is 12.6. The molecule has 2 aromatic rings. The number of hydrogen-bond donors (Lipinski definition) is 0. The summed E-state index contributed by atoms with van der Waals surface area (Å²) in [5.41, 5.74) is 3.87. The highest BCUT2D eigenvalue weighted by molar-refractivity contribution is 6.29. The zero-order valence-electron chi connectivity index (χ0n) is 14.7. The molecule has 0 radical (unpaired) electrons. The molecule has 1 atom stereocenters. The second-order valence-electron chi connectivity index (χ2n) is 6.14. The van der Waals surface area contributed by atoms with Gasteiger partial charge in [0.15, 0.2) is 0 Å². The molecule has 0 bridgehead atoms. The molecule has 26 heavy (non-hydrogen) atoms. The van der Waals surface area contributed by atoms with Crippen LogP contribution in [0.3, 0.4) is 0 Å². The van der Waals surface area contributed by atoms with E-state index < -0.39 is 6.04 Å². The Balaban J connectivity index is 1.77. The number of benzene rings is 1. The van der Waals surface area contributed by atoms with Gasteiger partial charge in [0.2, 0.25) is 6.04 Å². The van der Waals surface area contributed by atoms with E-state index in [-0.39, 0.29) is 0 Å². The molecule has 3 rings (SSSR count). The second kappa shape index (κ2) is 8.07. The lowest BCUT2D eigenvalue weighted by molar-refractivity contribution is 0.441. The van der Waals surface area contributed by atoms with Gasteiger partial charge in [0.25, 0.3) is 0 Å². The van der Waals surface area contributed by atoms with E-state index in [0.717, 1.165) is 28.9 Å². The molecule has 0 saturated carbocycles. The Morgan fingerprint density at radius 1 is 1.27 bits per heavy atom. The molecule has 1 aromatic carbocycles. The average Bonchev–Trinajstić information content (AvgIpc) is 3.08. The Morgan fingerprint density at radius 3 is 2.69 bits per heavy atom. The lowest BCUT2D eigenvalue weighted by Crippen LogP contribution is -2.34. The van der Waals surface area contributed by atoms with Crippen LogP contribution in [0.25, 0.3) is 0 Å². The van der Waals surface area contributed by atoms with Gasteiger partial charge in [-0.25, -0.2) is 4.98 Å². The zero-order valence-corrected chi connectivity index (χ0v) is 15.5. The van der Waals surface area contributed by atoms with Gasteiger partial charge in [-0.05, 0) is 36.6 Å². The van der Waals surface area contributed by atoms with Crippen LogP contribution >= 0.6 is 11.6 Å². The highest BCUT2D eigenvalue weighted by atomic mass is 35.5. The van der Waals surface area contributed by atoms with Gasteiger partial charge in [0.1, 0.15) is 11.0 Å². The van der Waals surface area contributed by atoms with Crippen LogP contribution in [0, 0.1) is 25.2 Å². The van der Waals surface area contributed by atoms with Crippen molar-refractivity contribution in [3.8, 4) is 6.07 Å². The van der Waals surface area contributed by atoms with Crippen molar-refractivity contribution in [2.45, 2.75) is 26.4 Å². The van der Waals surface area contributed by atoms with E-state index >= 15 is 0 Å². The van der Waals surface area contributed by atoms with Gasteiger partial charge in [-0.15, -0.1) is 0 Å². The molecular formula is C19H19ClN6. The van der Waals surface area contributed by atoms with Crippen LogP contribution in [0.5, 0.6) is 0 Å². The molecule has 0 aliphatic carbocycles. The maximum atomic E-state index is 9.58. The van der Waals surface area contributed by atoms with Crippen molar-refractivity contribution >= 4 is 23.1 Å². The number of azo groups is 1. The first-order valence-corrected chi connectivity index (χ1v) is 8.72. The lowest BCUT2D eigenvalue weighted by atomic mass is 10.1. The van der Waals surface area contributed by atoms with Crippen LogP contribution in [-0.4, -0.2) is 34.9 Å². The zero-order chi connectivity index (χ0) is 18.5. The highest BCUT2D eigenvalue weighted by Gasteiger charge is 2.25. The Morgan fingerprint density at radius 2 is 2.04 bits per heavy atom. The van der Waals surface area contributed by atoms with E-state index in [0.29, 0.717) is 24.1 Å². The van der Waals surface area contributed by atoms with Gasteiger partial charge in [-0.3, -0.25) is 4.99 Å². The SMILES string of the molecule is Cc1cccc(C)c1N=NC(C#N)C1=NCCN1Cc1ccc(Cl)nc1. The molecule has 0 saturated heterocycles. The number of hydrogen-bond acceptors (Lipinski definition) is 6. The maximum Gasteiger partial charge on any atom is 0.214 e. The van der Waals surface area contributed by atoms with Crippen molar-refractivity contribution in [3.63, 3.8) is 0 Å². The van der Waals surface area contributed by atoms with E-state index in [1.807, 2.05) is 43.0 Å². The number of nitriles is 1. The Kier molecular flexibility index (Phi) is 5.59. The van der Waals surface area contributed by atoms with Crippen molar-refractivity contribution < 1.29 is 0 Å². The van der Waals surface area contributed by atoms with Gasteiger partial charge >= 0.3 is 0 Å². The standard InChI is InChI=1S/C19H19ClN6/c1-13-4-3-5-14(2)18(13)25-24-16(10-21)19-22-8-9-26(19)12-15-6-7-17(20)23-11-15/h3-7,11,16H,8-9,12H2,1-2H3. The summed E-state index contributed by atoms with van der Waals surface area (Å²) in [7, 11) is 0. The summed E-state index contributed by atoms with van der Waals surface area (Å²) >= 11 is 5.84. The van der Waals surface area contributed by atoms with Crippen molar-refractivity contribution in [2.75, 3.05) is 13.1 Å². The molecule has 0 spiro atoms. The Bertz CT molecular complexity index is 862. The van der Waals surface area contributed by atoms with Crippen molar-refractivity contribution in [1.82, 2.24) is 9.88 Å². The summed E-state index contributed by atoms with van der Waals surface area (Å²) < 4.78 is 0. The quantitative estimate of drug-likeness (QED) is 0.586. The van der Waals surface area contributed by atoms with Gasteiger partial charge < -0.3 is 4.90 Å². The molecule has 132 valence electrons. The summed E-state index contributed by atoms with van der Waals surface area (Å²) in [5, 5.41) is 18.7. The largest absolute Gasteiger partial charge is 0.351 e. The average molecular weight is 367 g/mol. The van der Waals surface area contributed by atoms with E-state index in [9.17, 15) is 5.26 Å². The van der Waals surface area contributed by atoms with Crippen molar-refractivity contribution in [3.05, 3.63) is 58.4 Å². The van der Waals surface area contributed by atoms with Gasteiger partial charge in [0, 0.05) is 19.3 Å². The summed E-state index contributed by atoms with van der Waals surface area (Å²) in [5.74, 6) is 0.650. The maximum absolute atomic E-state index is 9.58. The number of aryl methyl sites for hydroxylation is 2. The first kappa shape index (κ1) is 18.0. The predicted octanol–water partition coefficient (Wildman–Crippen LogP) is 4.24. The molecule has 1 aliphatic heterocycles. The second-order valence-corrected chi connectivity index (χ2v) is 6.53. The van der Waals surface area contributed by atoms with Gasteiger partial charge in [-0.1, -0.05) is 35.9 Å². The third-order valence-electron chi connectivity index (χ3n) is 4.21. The summed E-state index contributed by atoms with van der Waals surface area (Å²) in [6.45, 7) is 5.97. The van der Waals surface area contributed by atoms with Crippen LogP contribution < -0.4 is 0 Å². The van der Waals surface area contributed by atoms with E-state index in [4.69, 9.17) is 11.6 Å². The summed E-state index contributed by atoms with van der Waals surface area (Å²) in [4.78, 5) is 10.6. The van der Waals surface area contributed by atoms with E-state index in [1.165, 1.54) is 0 Å². The number of rotatable bonds is 5. The molecule has 1 aromatic heterocycles. The summed E-state index contributed by atoms with van der Waals surface area (Å²) in [6, 6.07) is 11.1. The van der Waals surface area contributed by atoms with Crippen molar-refractivity contribution in [1.29, 1.82) is 5.26 Å². The van der Waals surface area contributed by atoms with Crippen LogP contribution in [0.2, 0.25) is 5.15 Å². The van der Waals surface area contributed by atoms with E-state index in [2.05, 4.69) is 26.3 Å². The number of amidine groups is 1. The number of halogens is 1. The normalized spacial score (nSPS) is 15.2. The number of pyridine rings is 1. The van der Waals surface area contributed by atoms with E-state index in [1.54, 1.807) is 12.3 Å².